The third-order valence-electron chi connectivity index (χ3n) is 2.56. The number of ether oxygens (including phenoxy) is 1. The summed E-state index contributed by atoms with van der Waals surface area (Å²) in [6.45, 7) is 2.54. The summed E-state index contributed by atoms with van der Waals surface area (Å²) in [5.74, 6) is 0.736. The van der Waals surface area contributed by atoms with Gasteiger partial charge in [0.2, 0.25) is 0 Å². The molecule has 0 heterocycles. The molecule has 0 bridgehead atoms. The molecule has 0 saturated heterocycles. The molecule has 0 unspecified atom stereocenters. The first-order valence-electron chi connectivity index (χ1n) is 5.59. The van der Waals surface area contributed by atoms with Crippen molar-refractivity contribution in [1.29, 1.82) is 0 Å². The highest BCUT2D eigenvalue weighted by molar-refractivity contribution is 5.77. The zero-order valence-electron chi connectivity index (χ0n) is 9.81. The van der Waals surface area contributed by atoms with Crippen molar-refractivity contribution in [3.05, 3.63) is 42.5 Å². The highest BCUT2D eigenvalue weighted by Gasteiger charge is 2.08. The number of hydrogen-bond donors (Lipinski definition) is 2. The van der Waals surface area contributed by atoms with E-state index in [-0.39, 0.29) is 0 Å². The number of nitrogen functional groups attached to an aromatic ring is 2. The summed E-state index contributed by atoms with van der Waals surface area (Å²) in [5.41, 5.74) is 15.0. The van der Waals surface area contributed by atoms with Gasteiger partial charge in [0.25, 0.3) is 0 Å². The van der Waals surface area contributed by atoms with Gasteiger partial charge in [-0.2, -0.15) is 0 Å². The molecule has 0 atom stereocenters. The number of rotatable bonds is 3. The second kappa shape index (κ2) is 4.78. The Morgan fingerprint density at radius 3 is 2.35 bits per heavy atom. The summed E-state index contributed by atoms with van der Waals surface area (Å²) in [6.07, 6.45) is 0. The van der Waals surface area contributed by atoms with Gasteiger partial charge in [-0.3, -0.25) is 0 Å². The Kier molecular flexibility index (Phi) is 3.19. The second-order valence-corrected chi connectivity index (χ2v) is 3.78. The maximum atomic E-state index is 5.92. The highest BCUT2D eigenvalue weighted by atomic mass is 16.5. The molecular weight excluding hydrogens is 212 g/mol. The number of nitrogens with two attached hydrogens (primary N) is 2. The van der Waals surface area contributed by atoms with Crippen LogP contribution in [0.5, 0.6) is 5.75 Å². The predicted octanol–water partition coefficient (Wildman–Crippen LogP) is 2.92. The maximum Gasteiger partial charge on any atom is 0.149 e. The fourth-order valence-corrected chi connectivity index (χ4v) is 1.75. The van der Waals surface area contributed by atoms with Crippen LogP contribution in [0.2, 0.25) is 0 Å². The van der Waals surface area contributed by atoms with E-state index in [9.17, 15) is 0 Å². The summed E-state index contributed by atoms with van der Waals surface area (Å²) >= 11 is 0. The molecule has 0 spiro atoms. The van der Waals surface area contributed by atoms with Gasteiger partial charge in [-0.15, -0.1) is 0 Å². The first kappa shape index (κ1) is 11.3. The molecule has 2 aromatic rings. The van der Waals surface area contributed by atoms with Crippen LogP contribution in [-0.4, -0.2) is 6.61 Å². The quantitative estimate of drug-likeness (QED) is 0.794. The SMILES string of the molecule is CCOc1c(N)cccc1-c1ccc(N)cc1. The van der Waals surface area contributed by atoms with E-state index in [0.717, 1.165) is 22.6 Å². The van der Waals surface area contributed by atoms with Gasteiger partial charge < -0.3 is 16.2 Å². The van der Waals surface area contributed by atoms with E-state index < -0.39 is 0 Å². The fourth-order valence-electron chi connectivity index (χ4n) is 1.75. The Hall–Kier alpha value is -2.16. The average molecular weight is 228 g/mol. The number of benzene rings is 2. The van der Waals surface area contributed by atoms with Crippen LogP contribution in [0.15, 0.2) is 42.5 Å². The number of anilines is 2. The van der Waals surface area contributed by atoms with Crippen LogP contribution in [-0.2, 0) is 0 Å². The number of para-hydroxylation sites is 1. The zero-order chi connectivity index (χ0) is 12.3. The second-order valence-electron chi connectivity index (χ2n) is 3.78. The van der Waals surface area contributed by atoms with Crippen molar-refractivity contribution in [3.63, 3.8) is 0 Å². The zero-order valence-corrected chi connectivity index (χ0v) is 9.81. The third kappa shape index (κ3) is 2.33. The average Bonchev–Trinajstić information content (AvgIpc) is 2.33. The molecule has 2 rings (SSSR count). The van der Waals surface area contributed by atoms with Crippen molar-refractivity contribution in [1.82, 2.24) is 0 Å². The summed E-state index contributed by atoms with van der Waals surface area (Å²) < 4.78 is 5.60. The van der Waals surface area contributed by atoms with Crippen LogP contribution in [0.3, 0.4) is 0 Å². The minimum absolute atomic E-state index is 0.593. The van der Waals surface area contributed by atoms with E-state index in [2.05, 4.69) is 0 Å². The Balaban J connectivity index is 2.50. The topological polar surface area (TPSA) is 61.3 Å². The van der Waals surface area contributed by atoms with Crippen molar-refractivity contribution in [2.24, 2.45) is 0 Å². The summed E-state index contributed by atoms with van der Waals surface area (Å²) in [5, 5.41) is 0. The van der Waals surface area contributed by atoms with Crippen molar-refractivity contribution < 1.29 is 4.74 Å². The molecule has 3 heteroatoms. The van der Waals surface area contributed by atoms with Crippen molar-refractivity contribution >= 4 is 11.4 Å². The lowest BCUT2D eigenvalue weighted by atomic mass is 10.0. The largest absolute Gasteiger partial charge is 0.491 e. The van der Waals surface area contributed by atoms with E-state index in [4.69, 9.17) is 16.2 Å². The minimum atomic E-state index is 0.593. The van der Waals surface area contributed by atoms with Crippen LogP contribution >= 0.6 is 0 Å². The van der Waals surface area contributed by atoms with Gasteiger partial charge in [-0.25, -0.2) is 0 Å². The normalized spacial score (nSPS) is 10.2. The minimum Gasteiger partial charge on any atom is -0.491 e. The molecular formula is C14H16N2O. The molecule has 0 radical (unpaired) electrons. The molecule has 0 saturated carbocycles. The lowest BCUT2D eigenvalue weighted by molar-refractivity contribution is 0.343. The van der Waals surface area contributed by atoms with Gasteiger partial charge in [0.05, 0.1) is 12.3 Å². The summed E-state index contributed by atoms with van der Waals surface area (Å²) in [6, 6.07) is 13.4. The molecule has 0 aromatic heterocycles. The van der Waals surface area contributed by atoms with Gasteiger partial charge in [0.1, 0.15) is 5.75 Å². The Labute approximate surface area is 101 Å². The van der Waals surface area contributed by atoms with E-state index in [1.807, 2.05) is 49.4 Å². The molecule has 2 aromatic carbocycles. The first-order valence-corrected chi connectivity index (χ1v) is 5.59. The van der Waals surface area contributed by atoms with Crippen LogP contribution in [0.4, 0.5) is 11.4 Å². The molecule has 0 aliphatic heterocycles. The Bertz CT molecular complexity index is 506. The van der Waals surface area contributed by atoms with Gasteiger partial charge in [0.15, 0.2) is 0 Å². The Morgan fingerprint density at radius 1 is 1.00 bits per heavy atom. The van der Waals surface area contributed by atoms with Gasteiger partial charge >= 0.3 is 0 Å². The molecule has 88 valence electrons. The van der Waals surface area contributed by atoms with Gasteiger partial charge in [-0.05, 0) is 30.7 Å². The summed E-state index contributed by atoms with van der Waals surface area (Å²) in [4.78, 5) is 0. The molecule has 0 aliphatic carbocycles. The maximum absolute atomic E-state index is 5.92. The smallest absolute Gasteiger partial charge is 0.149 e. The lowest BCUT2D eigenvalue weighted by Crippen LogP contribution is -1.98. The third-order valence-corrected chi connectivity index (χ3v) is 2.56. The molecule has 17 heavy (non-hydrogen) atoms. The van der Waals surface area contributed by atoms with Crippen LogP contribution in [0.1, 0.15) is 6.92 Å². The van der Waals surface area contributed by atoms with Crippen LogP contribution in [0, 0.1) is 0 Å². The first-order chi connectivity index (χ1) is 8.22. The van der Waals surface area contributed by atoms with Gasteiger partial charge in [0, 0.05) is 11.3 Å². The van der Waals surface area contributed by atoms with Crippen LogP contribution < -0.4 is 16.2 Å². The highest BCUT2D eigenvalue weighted by Crippen LogP contribution is 2.35. The van der Waals surface area contributed by atoms with E-state index in [1.165, 1.54) is 0 Å². The monoisotopic (exact) mass is 228 g/mol. The molecule has 3 nitrogen and oxygen atoms in total. The molecule has 0 amide bonds. The molecule has 0 aliphatic rings. The fraction of sp³-hybridized carbons (Fsp3) is 0.143. The number of hydrogen-bond acceptors (Lipinski definition) is 3. The van der Waals surface area contributed by atoms with Crippen molar-refractivity contribution in [2.45, 2.75) is 6.92 Å². The van der Waals surface area contributed by atoms with Crippen LogP contribution in [0.25, 0.3) is 11.1 Å². The lowest BCUT2D eigenvalue weighted by Gasteiger charge is -2.12. The predicted molar refractivity (Wildman–Crippen MR) is 71.9 cm³/mol. The molecule has 0 fully saturated rings. The molecule has 4 N–H and O–H groups in total. The standard InChI is InChI=1S/C14H16N2O/c1-2-17-14-12(4-3-5-13(14)16)10-6-8-11(15)9-7-10/h3-9H,2,15-16H2,1H3. The van der Waals surface area contributed by atoms with E-state index >= 15 is 0 Å². The van der Waals surface area contributed by atoms with Gasteiger partial charge in [-0.1, -0.05) is 24.3 Å². The van der Waals surface area contributed by atoms with Crippen molar-refractivity contribution in [3.8, 4) is 16.9 Å². The summed E-state index contributed by atoms with van der Waals surface area (Å²) in [7, 11) is 0. The van der Waals surface area contributed by atoms with Crippen molar-refractivity contribution in [2.75, 3.05) is 18.1 Å². The van der Waals surface area contributed by atoms with E-state index in [0.29, 0.717) is 12.3 Å². The van der Waals surface area contributed by atoms with E-state index in [1.54, 1.807) is 0 Å². The Morgan fingerprint density at radius 2 is 1.71 bits per heavy atom.